The number of aromatic nitrogens is 1. The van der Waals surface area contributed by atoms with E-state index in [1.807, 2.05) is 30.3 Å². The molecule has 0 bridgehead atoms. The summed E-state index contributed by atoms with van der Waals surface area (Å²) in [4.78, 5) is 3.97. The van der Waals surface area contributed by atoms with Crippen LogP contribution in [0.25, 0.3) is 0 Å². The Labute approximate surface area is 102 Å². The molecule has 1 aromatic carbocycles. The van der Waals surface area contributed by atoms with Gasteiger partial charge < -0.3 is 0 Å². The highest BCUT2D eigenvalue weighted by Gasteiger charge is 2.09. The Bertz CT molecular complexity index is 485. The number of rotatable bonds is 4. The molecule has 0 amide bonds. The molecule has 1 heterocycles. The minimum Gasteiger partial charge on any atom is -0.265 e. The summed E-state index contributed by atoms with van der Waals surface area (Å²) in [6, 6.07) is 16.5. The van der Waals surface area contributed by atoms with E-state index in [0.29, 0.717) is 0 Å². The lowest BCUT2D eigenvalue weighted by Gasteiger charge is -2.08. The third kappa shape index (κ3) is 3.15. The van der Waals surface area contributed by atoms with Crippen molar-refractivity contribution >= 4 is 0 Å². The van der Waals surface area contributed by atoms with E-state index in [1.54, 1.807) is 12.4 Å². The van der Waals surface area contributed by atoms with Crippen LogP contribution in [0.15, 0.2) is 54.9 Å². The van der Waals surface area contributed by atoms with Gasteiger partial charge in [-0.1, -0.05) is 30.3 Å². The first-order valence-corrected chi connectivity index (χ1v) is 5.73. The molecule has 1 unspecified atom stereocenters. The quantitative estimate of drug-likeness (QED) is 0.795. The van der Waals surface area contributed by atoms with Crippen molar-refractivity contribution in [1.82, 2.24) is 4.98 Å². The molecule has 0 spiro atoms. The Morgan fingerprint density at radius 1 is 1.06 bits per heavy atom. The Morgan fingerprint density at radius 2 is 1.76 bits per heavy atom. The van der Waals surface area contributed by atoms with Gasteiger partial charge in [0, 0.05) is 12.4 Å². The van der Waals surface area contributed by atoms with Gasteiger partial charge in [-0.05, 0) is 36.1 Å². The summed E-state index contributed by atoms with van der Waals surface area (Å²) >= 11 is 0. The maximum absolute atomic E-state index is 9.19. The zero-order valence-electron chi connectivity index (χ0n) is 9.58. The Morgan fingerprint density at radius 3 is 2.41 bits per heavy atom. The molecular formula is C15H14N2. The van der Waals surface area contributed by atoms with Crippen molar-refractivity contribution < 1.29 is 0 Å². The van der Waals surface area contributed by atoms with E-state index in [2.05, 4.69) is 23.2 Å². The van der Waals surface area contributed by atoms with Gasteiger partial charge in [0.1, 0.15) is 0 Å². The van der Waals surface area contributed by atoms with Gasteiger partial charge in [0.15, 0.2) is 0 Å². The molecule has 0 N–H and O–H groups in total. The van der Waals surface area contributed by atoms with Crippen molar-refractivity contribution in [3.05, 3.63) is 66.0 Å². The molecule has 1 atom stereocenters. The smallest absolute Gasteiger partial charge is 0.0717 e. The second-order valence-corrected chi connectivity index (χ2v) is 3.99. The predicted molar refractivity (Wildman–Crippen MR) is 67.4 cm³/mol. The first-order valence-electron chi connectivity index (χ1n) is 5.73. The Kier molecular flexibility index (Phi) is 3.88. The van der Waals surface area contributed by atoms with E-state index in [0.717, 1.165) is 18.4 Å². The molecule has 0 saturated heterocycles. The lowest BCUT2D eigenvalue weighted by atomic mass is 9.94. The Balaban J connectivity index is 2.01. The van der Waals surface area contributed by atoms with E-state index < -0.39 is 0 Å². The standard InChI is InChI=1S/C15H14N2/c16-12-15(14-8-10-17-11-9-14)7-6-13-4-2-1-3-5-13/h1-5,8-11,15H,6-7H2. The van der Waals surface area contributed by atoms with E-state index in [-0.39, 0.29) is 5.92 Å². The van der Waals surface area contributed by atoms with Crippen molar-refractivity contribution in [2.45, 2.75) is 18.8 Å². The molecule has 17 heavy (non-hydrogen) atoms. The summed E-state index contributed by atoms with van der Waals surface area (Å²) < 4.78 is 0. The first kappa shape index (κ1) is 11.3. The van der Waals surface area contributed by atoms with Crippen LogP contribution in [-0.4, -0.2) is 4.98 Å². The first-order chi connectivity index (χ1) is 8.40. The summed E-state index contributed by atoms with van der Waals surface area (Å²) in [6.07, 6.45) is 5.26. The fourth-order valence-corrected chi connectivity index (χ4v) is 1.86. The second kappa shape index (κ2) is 5.81. The number of nitriles is 1. The highest BCUT2D eigenvalue weighted by Crippen LogP contribution is 2.20. The molecule has 2 nitrogen and oxygen atoms in total. The highest BCUT2D eigenvalue weighted by atomic mass is 14.6. The number of benzene rings is 1. The van der Waals surface area contributed by atoms with Crippen LogP contribution in [0.3, 0.4) is 0 Å². The van der Waals surface area contributed by atoms with Crippen LogP contribution in [0.5, 0.6) is 0 Å². The molecular weight excluding hydrogens is 208 g/mol. The highest BCUT2D eigenvalue weighted by molar-refractivity contribution is 5.23. The number of aryl methyl sites for hydroxylation is 1. The van der Waals surface area contributed by atoms with E-state index >= 15 is 0 Å². The van der Waals surface area contributed by atoms with E-state index in [1.165, 1.54) is 5.56 Å². The number of nitrogens with zero attached hydrogens (tertiary/aromatic N) is 2. The van der Waals surface area contributed by atoms with Gasteiger partial charge in [-0.3, -0.25) is 4.98 Å². The zero-order chi connectivity index (χ0) is 11.9. The molecule has 0 aliphatic carbocycles. The third-order valence-corrected chi connectivity index (χ3v) is 2.83. The molecule has 0 saturated carbocycles. The summed E-state index contributed by atoms with van der Waals surface area (Å²) in [6.45, 7) is 0. The molecule has 2 rings (SSSR count). The number of pyridine rings is 1. The third-order valence-electron chi connectivity index (χ3n) is 2.83. The molecule has 0 aliphatic heterocycles. The van der Waals surface area contributed by atoms with Crippen LogP contribution in [0.2, 0.25) is 0 Å². The van der Waals surface area contributed by atoms with Crippen LogP contribution in [0.4, 0.5) is 0 Å². The van der Waals surface area contributed by atoms with Gasteiger partial charge in [-0.25, -0.2) is 0 Å². The van der Waals surface area contributed by atoms with Crippen molar-refractivity contribution in [3.63, 3.8) is 0 Å². The van der Waals surface area contributed by atoms with Crippen molar-refractivity contribution in [2.24, 2.45) is 0 Å². The molecule has 0 aliphatic rings. The summed E-state index contributed by atoms with van der Waals surface area (Å²) in [5, 5.41) is 9.19. The van der Waals surface area contributed by atoms with Crippen LogP contribution in [-0.2, 0) is 6.42 Å². The largest absolute Gasteiger partial charge is 0.265 e. The molecule has 84 valence electrons. The van der Waals surface area contributed by atoms with E-state index in [4.69, 9.17) is 0 Å². The lowest BCUT2D eigenvalue weighted by molar-refractivity contribution is 0.745. The van der Waals surface area contributed by atoms with Crippen molar-refractivity contribution in [1.29, 1.82) is 5.26 Å². The fourth-order valence-electron chi connectivity index (χ4n) is 1.86. The van der Waals surface area contributed by atoms with Gasteiger partial charge in [0.25, 0.3) is 0 Å². The maximum Gasteiger partial charge on any atom is 0.0717 e. The van der Waals surface area contributed by atoms with Gasteiger partial charge in [-0.2, -0.15) is 5.26 Å². The summed E-state index contributed by atoms with van der Waals surface area (Å²) in [5.74, 6) is -0.0433. The van der Waals surface area contributed by atoms with Gasteiger partial charge in [0.05, 0.1) is 12.0 Å². The van der Waals surface area contributed by atoms with Crippen LogP contribution < -0.4 is 0 Å². The molecule has 0 radical (unpaired) electrons. The minimum atomic E-state index is -0.0433. The van der Waals surface area contributed by atoms with Gasteiger partial charge in [-0.15, -0.1) is 0 Å². The maximum atomic E-state index is 9.19. The van der Waals surface area contributed by atoms with Gasteiger partial charge in [0.2, 0.25) is 0 Å². The SMILES string of the molecule is N#CC(CCc1ccccc1)c1ccncc1. The van der Waals surface area contributed by atoms with Gasteiger partial charge >= 0.3 is 0 Å². The molecule has 2 heteroatoms. The summed E-state index contributed by atoms with van der Waals surface area (Å²) in [5.41, 5.74) is 2.33. The van der Waals surface area contributed by atoms with Crippen molar-refractivity contribution in [2.75, 3.05) is 0 Å². The molecule has 2 aromatic rings. The minimum absolute atomic E-state index is 0.0433. The lowest BCUT2D eigenvalue weighted by Crippen LogP contribution is -1.98. The predicted octanol–water partition coefficient (Wildman–Crippen LogP) is 3.32. The van der Waals surface area contributed by atoms with Crippen LogP contribution in [0.1, 0.15) is 23.5 Å². The number of hydrogen-bond acceptors (Lipinski definition) is 2. The molecule has 1 aromatic heterocycles. The zero-order valence-corrected chi connectivity index (χ0v) is 9.58. The summed E-state index contributed by atoms with van der Waals surface area (Å²) in [7, 11) is 0. The average Bonchev–Trinajstić information content (AvgIpc) is 2.42. The second-order valence-electron chi connectivity index (χ2n) is 3.99. The normalized spacial score (nSPS) is 11.7. The van der Waals surface area contributed by atoms with Crippen LogP contribution >= 0.6 is 0 Å². The molecule has 0 fully saturated rings. The fraction of sp³-hybridized carbons (Fsp3) is 0.200. The topological polar surface area (TPSA) is 36.7 Å². The average molecular weight is 222 g/mol. The Hall–Kier alpha value is -2.14. The number of hydrogen-bond donors (Lipinski definition) is 0. The van der Waals surface area contributed by atoms with E-state index in [9.17, 15) is 5.26 Å². The van der Waals surface area contributed by atoms with Crippen LogP contribution in [0, 0.1) is 11.3 Å². The van der Waals surface area contributed by atoms with Crippen molar-refractivity contribution in [3.8, 4) is 6.07 Å². The monoisotopic (exact) mass is 222 g/mol.